The van der Waals surface area contributed by atoms with Gasteiger partial charge < -0.3 is 30.7 Å². The largest absolute Gasteiger partial charge is 0.480 e. The number of carbonyl (C=O) groups excluding carboxylic acids is 3. The lowest BCUT2D eigenvalue weighted by atomic mass is 9.92. The fourth-order valence-electron chi connectivity index (χ4n) is 4.00. The van der Waals surface area contributed by atoms with E-state index in [9.17, 15) is 24.3 Å². The summed E-state index contributed by atoms with van der Waals surface area (Å²) in [5, 5.41) is 17.4. The van der Waals surface area contributed by atoms with Gasteiger partial charge in [-0.25, -0.2) is 9.59 Å². The molecule has 1 unspecified atom stereocenters. The summed E-state index contributed by atoms with van der Waals surface area (Å²) in [5.41, 5.74) is 0. The Bertz CT molecular complexity index is 623. The number of nitrogens with one attached hydrogen (secondary N) is 3. The van der Waals surface area contributed by atoms with Crippen LogP contribution in [0.5, 0.6) is 0 Å². The fraction of sp³-hybridized carbons (Fsp3) is 0.810. The van der Waals surface area contributed by atoms with Crippen molar-refractivity contribution in [2.75, 3.05) is 39.3 Å². The summed E-state index contributed by atoms with van der Waals surface area (Å²) in [4.78, 5) is 49.9. The SMILES string of the molecule is CCCOC(=O)NC(CNC(=O)[C@@H]1CCCN(C(=O)CCC2CCNCC2)C1)C(=O)O. The van der Waals surface area contributed by atoms with Crippen LogP contribution in [0, 0.1) is 11.8 Å². The third-order valence-corrected chi connectivity index (χ3v) is 5.88. The predicted molar refractivity (Wildman–Crippen MR) is 113 cm³/mol. The van der Waals surface area contributed by atoms with Crippen molar-refractivity contribution in [3.8, 4) is 0 Å². The maximum atomic E-state index is 12.6. The van der Waals surface area contributed by atoms with Crippen LogP contribution in [0.2, 0.25) is 0 Å². The van der Waals surface area contributed by atoms with E-state index in [1.54, 1.807) is 4.90 Å². The number of amides is 3. The number of nitrogens with zero attached hydrogens (tertiary/aromatic N) is 1. The molecule has 2 heterocycles. The Hall–Kier alpha value is -2.36. The Kier molecular flexibility index (Phi) is 10.6. The minimum absolute atomic E-state index is 0.0831. The van der Waals surface area contributed by atoms with Crippen molar-refractivity contribution >= 4 is 23.9 Å². The minimum Gasteiger partial charge on any atom is -0.480 e. The zero-order chi connectivity index (χ0) is 22.6. The van der Waals surface area contributed by atoms with Crippen LogP contribution in [-0.4, -0.2) is 79.3 Å². The van der Waals surface area contributed by atoms with Gasteiger partial charge in [0.2, 0.25) is 11.8 Å². The molecule has 10 heteroatoms. The maximum absolute atomic E-state index is 12.6. The van der Waals surface area contributed by atoms with Crippen LogP contribution in [0.25, 0.3) is 0 Å². The van der Waals surface area contributed by atoms with Gasteiger partial charge in [-0.2, -0.15) is 0 Å². The summed E-state index contributed by atoms with van der Waals surface area (Å²) in [6.45, 7) is 4.79. The number of hydrogen-bond donors (Lipinski definition) is 4. The molecule has 176 valence electrons. The molecule has 3 amide bonds. The number of likely N-dealkylation sites (tertiary alicyclic amines) is 1. The van der Waals surface area contributed by atoms with Gasteiger partial charge in [0.25, 0.3) is 0 Å². The molecule has 2 rings (SSSR count). The molecule has 0 aromatic rings. The third-order valence-electron chi connectivity index (χ3n) is 5.88. The maximum Gasteiger partial charge on any atom is 0.407 e. The number of piperidine rings is 2. The molecular weight excluding hydrogens is 404 g/mol. The highest BCUT2D eigenvalue weighted by Crippen LogP contribution is 2.21. The summed E-state index contributed by atoms with van der Waals surface area (Å²) >= 11 is 0. The van der Waals surface area contributed by atoms with Gasteiger partial charge >= 0.3 is 12.1 Å². The first-order valence-corrected chi connectivity index (χ1v) is 11.3. The molecule has 0 aromatic carbocycles. The molecule has 0 aliphatic carbocycles. The van der Waals surface area contributed by atoms with E-state index in [4.69, 9.17) is 4.74 Å². The third kappa shape index (κ3) is 8.72. The minimum atomic E-state index is -1.28. The Morgan fingerprint density at radius 1 is 1.19 bits per heavy atom. The lowest BCUT2D eigenvalue weighted by Crippen LogP contribution is -2.51. The molecule has 10 nitrogen and oxygen atoms in total. The van der Waals surface area contributed by atoms with Crippen molar-refractivity contribution in [1.82, 2.24) is 20.9 Å². The van der Waals surface area contributed by atoms with E-state index in [0.29, 0.717) is 38.3 Å². The van der Waals surface area contributed by atoms with E-state index in [0.717, 1.165) is 38.8 Å². The van der Waals surface area contributed by atoms with E-state index in [-0.39, 0.29) is 30.9 Å². The van der Waals surface area contributed by atoms with Gasteiger partial charge in [-0.05, 0) is 57.5 Å². The number of rotatable bonds is 10. The number of ether oxygens (including phenoxy) is 1. The summed E-state index contributed by atoms with van der Waals surface area (Å²) in [6.07, 6.45) is 4.77. The van der Waals surface area contributed by atoms with Crippen molar-refractivity contribution in [2.24, 2.45) is 11.8 Å². The molecular formula is C21H36N4O6. The number of carboxylic acid groups (broad SMARTS) is 1. The highest BCUT2D eigenvalue weighted by atomic mass is 16.5. The lowest BCUT2D eigenvalue weighted by Gasteiger charge is -2.33. The van der Waals surface area contributed by atoms with Crippen LogP contribution in [0.15, 0.2) is 0 Å². The highest BCUT2D eigenvalue weighted by molar-refractivity contribution is 5.83. The van der Waals surface area contributed by atoms with Crippen molar-refractivity contribution < 1.29 is 29.0 Å². The average Bonchev–Trinajstić information content (AvgIpc) is 2.79. The van der Waals surface area contributed by atoms with Gasteiger partial charge in [-0.15, -0.1) is 0 Å². The molecule has 0 spiro atoms. The number of hydrogen-bond acceptors (Lipinski definition) is 6. The van der Waals surface area contributed by atoms with Crippen LogP contribution >= 0.6 is 0 Å². The number of alkyl carbamates (subject to hydrolysis) is 1. The Morgan fingerprint density at radius 2 is 1.94 bits per heavy atom. The Morgan fingerprint density at radius 3 is 2.61 bits per heavy atom. The molecule has 2 saturated heterocycles. The van der Waals surface area contributed by atoms with Crippen LogP contribution in [-0.2, 0) is 19.1 Å². The number of carbonyl (C=O) groups is 4. The molecule has 2 aliphatic rings. The highest BCUT2D eigenvalue weighted by Gasteiger charge is 2.30. The van der Waals surface area contributed by atoms with Gasteiger partial charge in [-0.1, -0.05) is 6.92 Å². The van der Waals surface area contributed by atoms with Crippen molar-refractivity contribution in [3.05, 3.63) is 0 Å². The molecule has 0 saturated carbocycles. The Balaban J connectivity index is 1.76. The van der Waals surface area contributed by atoms with Gasteiger partial charge in [0.15, 0.2) is 0 Å². The first-order chi connectivity index (χ1) is 14.9. The van der Waals surface area contributed by atoms with E-state index in [1.807, 2.05) is 6.92 Å². The van der Waals surface area contributed by atoms with Gasteiger partial charge in [0.05, 0.1) is 12.5 Å². The van der Waals surface area contributed by atoms with E-state index < -0.39 is 18.1 Å². The molecule has 2 fully saturated rings. The molecule has 2 aliphatic heterocycles. The Labute approximate surface area is 183 Å². The number of aliphatic carboxylic acids is 1. The predicted octanol–water partition coefficient (Wildman–Crippen LogP) is 0.710. The molecule has 2 atom stereocenters. The fourth-order valence-corrected chi connectivity index (χ4v) is 4.00. The molecule has 0 bridgehead atoms. The summed E-state index contributed by atoms with van der Waals surface area (Å²) < 4.78 is 4.83. The monoisotopic (exact) mass is 440 g/mol. The second kappa shape index (κ2) is 13.1. The standard InChI is InChI=1S/C21H36N4O6/c1-2-12-31-21(30)24-17(20(28)29)13-23-19(27)16-4-3-11-25(14-16)18(26)6-5-15-7-9-22-10-8-15/h15-17,22H,2-14H2,1H3,(H,23,27)(H,24,30)(H,28,29)/t16-,17?/m1/s1. The van der Waals surface area contributed by atoms with E-state index in [2.05, 4.69) is 16.0 Å². The first-order valence-electron chi connectivity index (χ1n) is 11.3. The lowest BCUT2D eigenvalue weighted by molar-refractivity contribution is -0.139. The van der Waals surface area contributed by atoms with Crippen LogP contribution in [0.4, 0.5) is 4.79 Å². The summed E-state index contributed by atoms with van der Waals surface area (Å²) in [7, 11) is 0. The van der Waals surface area contributed by atoms with Gasteiger partial charge in [0.1, 0.15) is 6.04 Å². The molecule has 0 radical (unpaired) electrons. The smallest absolute Gasteiger partial charge is 0.407 e. The number of carboxylic acids is 1. The van der Waals surface area contributed by atoms with Crippen LogP contribution in [0.1, 0.15) is 51.9 Å². The van der Waals surface area contributed by atoms with Crippen molar-refractivity contribution in [2.45, 2.75) is 57.9 Å². The van der Waals surface area contributed by atoms with Crippen LogP contribution < -0.4 is 16.0 Å². The average molecular weight is 441 g/mol. The first kappa shape index (κ1) is 24.9. The topological polar surface area (TPSA) is 137 Å². The van der Waals surface area contributed by atoms with Gasteiger partial charge in [0, 0.05) is 26.1 Å². The van der Waals surface area contributed by atoms with Gasteiger partial charge in [-0.3, -0.25) is 9.59 Å². The second-order valence-corrected chi connectivity index (χ2v) is 8.33. The van der Waals surface area contributed by atoms with Crippen LogP contribution in [0.3, 0.4) is 0 Å². The summed E-state index contributed by atoms with van der Waals surface area (Å²) in [5.74, 6) is -1.27. The second-order valence-electron chi connectivity index (χ2n) is 8.33. The summed E-state index contributed by atoms with van der Waals surface area (Å²) in [6, 6.07) is -1.28. The molecule has 31 heavy (non-hydrogen) atoms. The molecule has 0 aromatic heterocycles. The van der Waals surface area contributed by atoms with Crippen molar-refractivity contribution in [1.29, 1.82) is 0 Å². The van der Waals surface area contributed by atoms with Crippen molar-refractivity contribution in [3.63, 3.8) is 0 Å². The zero-order valence-corrected chi connectivity index (χ0v) is 18.4. The zero-order valence-electron chi connectivity index (χ0n) is 18.4. The molecule has 4 N–H and O–H groups in total. The van der Waals surface area contributed by atoms with E-state index in [1.165, 1.54) is 0 Å². The normalized spacial score (nSPS) is 20.5. The van der Waals surface area contributed by atoms with E-state index >= 15 is 0 Å². The quantitative estimate of drug-likeness (QED) is 0.393.